The van der Waals surface area contributed by atoms with Crippen LogP contribution in [-0.4, -0.2) is 30.9 Å². The van der Waals surface area contributed by atoms with Gasteiger partial charge < -0.3 is 19.8 Å². The first-order valence-electron chi connectivity index (χ1n) is 7.42. The van der Waals surface area contributed by atoms with Crippen molar-refractivity contribution in [3.05, 3.63) is 29.8 Å². The van der Waals surface area contributed by atoms with Gasteiger partial charge in [-0.2, -0.15) is 17.6 Å². The average Bonchev–Trinajstić information content (AvgIpc) is 2.67. The van der Waals surface area contributed by atoms with E-state index in [1.165, 1.54) is 18.2 Å². The van der Waals surface area contributed by atoms with E-state index in [9.17, 15) is 17.6 Å². The van der Waals surface area contributed by atoms with Crippen LogP contribution in [0, 0.1) is 0 Å². The van der Waals surface area contributed by atoms with E-state index < -0.39 is 42.5 Å². The van der Waals surface area contributed by atoms with E-state index in [1.807, 2.05) is 27.7 Å². The lowest BCUT2D eigenvalue weighted by Gasteiger charge is -2.32. The molecule has 0 aliphatic carbocycles. The zero-order valence-corrected chi connectivity index (χ0v) is 13.9. The number of alkyl halides is 4. The van der Waals surface area contributed by atoms with Gasteiger partial charge >= 0.3 is 19.7 Å². The van der Waals surface area contributed by atoms with Crippen molar-refractivity contribution in [3.8, 4) is 5.75 Å². The molecule has 1 fully saturated rings. The molecule has 1 aliphatic rings. The van der Waals surface area contributed by atoms with E-state index in [0.717, 1.165) is 6.07 Å². The minimum absolute atomic E-state index is 0.0938. The molecule has 0 aromatic heterocycles. The fraction of sp³-hybridized carbons (Fsp3) is 0.600. The second-order valence-corrected chi connectivity index (χ2v) is 6.65. The fourth-order valence-corrected chi connectivity index (χ4v) is 2.22. The van der Waals surface area contributed by atoms with Crippen LogP contribution in [0.2, 0.25) is 0 Å². The topological polar surface area (TPSA) is 53.7 Å². The predicted octanol–water partition coefficient (Wildman–Crippen LogP) is 3.55. The highest BCUT2D eigenvalue weighted by Crippen LogP contribution is 2.41. The van der Waals surface area contributed by atoms with E-state index in [1.54, 1.807) is 0 Å². The van der Waals surface area contributed by atoms with E-state index in [2.05, 4.69) is 4.74 Å². The number of para-hydroxylation sites is 1. The Morgan fingerprint density at radius 3 is 2.08 bits per heavy atom. The first-order chi connectivity index (χ1) is 10.9. The van der Waals surface area contributed by atoms with Gasteiger partial charge in [0.05, 0.1) is 17.1 Å². The molecule has 0 amide bonds. The summed E-state index contributed by atoms with van der Waals surface area (Å²) >= 11 is 0. The normalized spacial score (nSPS) is 21.2. The summed E-state index contributed by atoms with van der Waals surface area (Å²) in [5, 5.41) is 0. The van der Waals surface area contributed by atoms with Crippen molar-refractivity contribution in [1.82, 2.24) is 0 Å². The minimum Gasteiger partial charge on any atom is -0.428 e. The Morgan fingerprint density at radius 1 is 1.08 bits per heavy atom. The third-order valence-corrected chi connectivity index (χ3v) is 4.34. The fourth-order valence-electron chi connectivity index (χ4n) is 2.22. The molecule has 0 spiro atoms. The standard InChI is InChI=1S/C15H20BF4NO3/c1-13(2)14(3,4)24-16(23-13)11(21)9-7-5-6-8-10(9)22-15(19,20)12(17)18/h5-8,11-12H,21H2,1-4H3/t11-/m0/s1. The second-order valence-electron chi connectivity index (χ2n) is 6.65. The van der Waals surface area contributed by atoms with Gasteiger partial charge in [-0.15, -0.1) is 0 Å². The Balaban J connectivity index is 2.27. The Morgan fingerprint density at radius 2 is 1.58 bits per heavy atom. The van der Waals surface area contributed by atoms with Gasteiger partial charge in [0.2, 0.25) is 0 Å². The Kier molecular flexibility index (Phi) is 4.91. The first kappa shape index (κ1) is 19.0. The van der Waals surface area contributed by atoms with Crippen molar-refractivity contribution in [2.24, 2.45) is 5.73 Å². The molecule has 2 rings (SSSR count). The SMILES string of the molecule is CC1(C)OB([C@@H](N)c2ccccc2OC(F)(F)C(F)F)OC1(C)C. The average molecular weight is 349 g/mol. The number of hydrogen-bond acceptors (Lipinski definition) is 4. The van der Waals surface area contributed by atoms with Crippen LogP contribution in [0.4, 0.5) is 17.6 Å². The van der Waals surface area contributed by atoms with Crippen LogP contribution in [-0.2, 0) is 9.31 Å². The maximum Gasteiger partial charge on any atom is 0.480 e. The minimum atomic E-state index is -4.62. The van der Waals surface area contributed by atoms with Gasteiger partial charge in [-0.1, -0.05) is 18.2 Å². The van der Waals surface area contributed by atoms with Crippen LogP contribution >= 0.6 is 0 Å². The molecule has 1 aromatic rings. The summed E-state index contributed by atoms with van der Waals surface area (Å²) in [5.74, 6) is -1.43. The molecule has 4 nitrogen and oxygen atoms in total. The molecule has 1 heterocycles. The van der Waals surface area contributed by atoms with Crippen molar-refractivity contribution in [2.75, 3.05) is 0 Å². The monoisotopic (exact) mass is 349 g/mol. The second kappa shape index (κ2) is 6.20. The summed E-state index contributed by atoms with van der Waals surface area (Å²) in [6.45, 7) is 7.25. The summed E-state index contributed by atoms with van der Waals surface area (Å²) in [6, 6.07) is 5.48. The van der Waals surface area contributed by atoms with Crippen LogP contribution in [0.25, 0.3) is 0 Å². The number of benzene rings is 1. The van der Waals surface area contributed by atoms with Crippen molar-refractivity contribution in [1.29, 1.82) is 0 Å². The van der Waals surface area contributed by atoms with Crippen LogP contribution in [0.1, 0.15) is 39.2 Å². The number of halogens is 4. The van der Waals surface area contributed by atoms with Gasteiger partial charge in [0.25, 0.3) is 0 Å². The van der Waals surface area contributed by atoms with E-state index in [0.29, 0.717) is 0 Å². The third kappa shape index (κ3) is 3.53. The van der Waals surface area contributed by atoms with Crippen molar-refractivity contribution in [2.45, 2.75) is 57.4 Å². The summed E-state index contributed by atoms with van der Waals surface area (Å²) in [6.07, 6.45) is -8.58. The Bertz CT molecular complexity index is 582. The molecule has 0 saturated carbocycles. The summed E-state index contributed by atoms with van der Waals surface area (Å²) in [4.78, 5) is 0. The molecule has 1 aliphatic heterocycles. The molecule has 0 bridgehead atoms. The molecular weight excluding hydrogens is 329 g/mol. The summed E-state index contributed by atoms with van der Waals surface area (Å²) in [5.41, 5.74) is 4.83. The summed E-state index contributed by atoms with van der Waals surface area (Å²) < 4.78 is 67.0. The van der Waals surface area contributed by atoms with Crippen LogP contribution < -0.4 is 10.5 Å². The highest BCUT2D eigenvalue weighted by atomic mass is 19.3. The highest BCUT2D eigenvalue weighted by molar-refractivity contribution is 6.47. The van der Waals surface area contributed by atoms with E-state index >= 15 is 0 Å². The van der Waals surface area contributed by atoms with Crippen molar-refractivity contribution in [3.63, 3.8) is 0 Å². The van der Waals surface area contributed by atoms with Crippen LogP contribution in [0.5, 0.6) is 5.75 Å². The van der Waals surface area contributed by atoms with Gasteiger partial charge in [0.1, 0.15) is 5.75 Å². The van der Waals surface area contributed by atoms with Crippen molar-refractivity contribution < 1.29 is 31.6 Å². The molecule has 0 radical (unpaired) electrons. The number of hydrogen-bond donors (Lipinski definition) is 1. The lowest BCUT2D eigenvalue weighted by atomic mass is 9.74. The molecule has 2 N–H and O–H groups in total. The molecule has 134 valence electrons. The predicted molar refractivity (Wildman–Crippen MR) is 81.0 cm³/mol. The zero-order chi connectivity index (χ0) is 18.3. The highest BCUT2D eigenvalue weighted by Gasteiger charge is 2.54. The number of nitrogens with two attached hydrogens (primary N) is 1. The Labute approximate surface area is 138 Å². The van der Waals surface area contributed by atoms with Crippen LogP contribution in [0.3, 0.4) is 0 Å². The number of rotatable bonds is 5. The summed E-state index contributed by atoms with van der Waals surface area (Å²) in [7, 11) is -0.931. The molecule has 9 heteroatoms. The molecule has 1 atom stereocenters. The van der Waals surface area contributed by atoms with Gasteiger partial charge in [-0.05, 0) is 33.8 Å². The molecule has 0 unspecified atom stereocenters. The van der Waals surface area contributed by atoms with E-state index in [-0.39, 0.29) is 5.56 Å². The van der Waals surface area contributed by atoms with E-state index in [4.69, 9.17) is 15.0 Å². The number of ether oxygens (including phenoxy) is 1. The van der Waals surface area contributed by atoms with Crippen molar-refractivity contribution >= 4 is 7.12 Å². The lowest BCUT2D eigenvalue weighted by molar-refractivity contribution is -0.253. The lowest BCUT2D eigenvalue weighted by Crippen LogP contribution is -2.41. The first-order valence-corrected chi connectivity index (χ1v) is 7.42. The zero-order valence-electron chi connectivity index (χ0n) is 13.9. The Hall–Kier alpha value is -1.32. The van der Waals surface area contributed by atoms with Gasteiger partial charge in [-0.25, -0.2) is 0 Å². The maximum absolute atomic E-state index is 13.2. The molecule has 1 saturated heterocycles. The van der Waals surface area contributed by atoms with Gasteiger partial charge in [-0.3, -0.25) is 0 Å². The third-order valence-electron chi connectivity index (χ3n) is 4.34. The molecular formula is C15H20BF4NO3. The van der Waals surface area contributed by atoms with Crippen LogP contribution in [0.15, 0.2) is 24.3 Å². The smallest absolute Gasteiger partial charge is 0.428 e. The quantitative estimate of drug-likeness (QED) is 0.653. The van der Waals surface area contributed by atoms with Gasteiger partial charge in [0.15, 0.2) is 0 Å². The largest absolute Gasteiger partial charge is 0.480 e. The van der Waals surface area contributed by atoms with Gasteiger partial charge in [0, 0.05) is 5.56 Å². The molecule has 24 heavy (non-hydrogen) atoms. The maximum atomic E-state index is 13.2. The molecule has 1 aromatic carbocycles.